The molecule has 3 nitrogen and oxygen atoms in total. The fourth-order valence-corrected chi connectivity index (χ4v) is 3.95. The maximum atomic E-state index is 13.1. The molecule has 0 bridgehead atoms. The molecule has 0 amide bonds. The van der Waals surface area contributed by atoms with Crippen molar-refractivity contribution in [3.8, 4) is 11.1 Å². The summed E-state index contributed by atoms with van der Waals surface area (Å²) in [6.45, 7) is 9.97. The van der Waals surface area contributed by atoms with Gasteiger partial charge in [0, 0.05) is 28.7 Å². The van der Waals surface area contributed by atoms with Crippen molar-refractivity contribution in [1.29, 1.82) is 0 Å². The molecule has 3 rings (SSSR count). The van der Waals surface area contributed by atoms with Crippen LogP contribution in [0.2, 0.25) is 0 Å². The molecule has 0 saturated carbocycles. The first-order valence-electron chi connectivity index (χ1n) is 11.1. The summed E-state index contributed by atoms with van der Waals surface area (Å²) in [6, 6.07) is 15.0. The summed E-state index contributed by atoms with van der Waals surface area (Å²) >= 11 is 0. The van der Waals surface area contributed by atoms with Gasteiger partial charge in [-0.05, 0) is 59.7 Å². The number of halogens is 3. The van der Waals surface area contributed by atoms with Crippen LogP contribution in [0.1, 0.15) is 54.1 Å². The molecule has 0 saturated heterocycles. The Hall–Kier alpha value is -3.54. The first kappa shape index (κ1) is 25.1. The quantitative estimate of drug-likeness (QED) is 0.277. The summed E-state index contributed by atoms with van der Waals surface area (Å²) in [5, 5.41) is 0. The third kappa shape index (κ3) is 5.68. The Morgan fingerprint density at radius 2 is 1.59 bits per heavy atom. The van der Waals surface area contributed by atoms with E-state index in [4.69, 9.17) is 16.5 Å². The van der Waals surface area contributed by atoms with Gasteiger partial charge in [0.15, 0.2) is 0 Å². The number of aliphatic imine (C=N–C) groups is 1. The van der Waals surface area contributed by atoms with Gasteiger partial charge in [0.25, 0.3) is 0 Å². The van der Waals surface area contributed by atoms with Gasteiger partial charge in [-0.1, -0.05) is 62.9 Å². The molecule has 178 valence electrons. The molecule has 0 aliphatic carbocycles. The Kier molecular flexibility index (Phi) is 7.50. The number of alkyl halides is 3. The van der Waals surface area contributed by atoms with E-state index in [1.807, 2.05) is 19.1 Å². The Morgan fingerprint density at radius 3 is 2.15 bits per heavy atom. The molecule has 4 N–H and O–H groups in total. The minimum Gasteiger partial charge on any atom is -0.398 e. The predicted molar refractivity (Wildman–Crippen MR) is 137 cm³/mol. The Labute approximate surface area is 199 Å². The van der Waals surface area contributed by atoms with Crippen molar-refractivity contribution in [3.05, 3.63) is 89.0 Å². The molecular weight excluding hydrogens is 435 g/mol. The second-order valence-corrected chi connectivity index (χ2v) is 8.84. The summed E-state index contributed by atoms with van der Waals surface area (Å²) in [5.74, 6) is 0.429. The minimum atomic E-state index is -4.45. The van der Waals surface area contributed by atoms with Crippen LogP contribution in [0.25, 0.3) is 17.2 Å². The summed E-state index contributed by atoms with van der Waals surface area (Å²) in [5.41, 5.74) is 17.0. The van der Waals surface area contributed by atoms with Crippen molar-refractivity contribution in [2.75, 3.05) is 11.5 Å². The smallest absolute Gasteiger partial charge is 0.398 e. The van der Waals surface area contributed by atoms with Crippen LogP contribution >= 0.6 is 0 Å². The second kappa shape index (κ2) is 10.2. The van der Waals surface area contributed by atoms with Crippen molar-refractivity contribution >= 4 is 23.7 Å². The molecular formula is C28H30F3N3. The van der Waals surface area contributed by atoms with Crippen LogP contribution in [-0.2, 0) is 6.18 Å². The molecule has 0 aromatic heterocycles. The number of hydrogen-bond donors (Lipinski definition) is 2. The number of rotatable bonds is 7. The molecule has 3 aromatic rings. The number of hydrogen-bond acceptors (Lipinski definition) is 3. The molecule has 1 unspecified atom stereocenters. The maximum Gasteiger partial charge on any atom is 0.416 e. The zero-order valence-corrected chi connectivity index (χ0v) is 19.7. The highest BCUT2D eigenvalue weighted by Gasteiger charge is 2.31. The van der Waals surface area contributed by atoms with Gasteiger partial charge in [-0.2, -0.15) is 13.2 Å². The van der Waals surface area contributed by atoms with Gasteiger partial charge >= 0.3 is 6.18 Å². The molecule has 3 aromatic carbocycles. The number of nitrogens with two attached hydrogens (primary N) is 2. The molecule has 6 heteroatoms. The van der Waals surface area contributed by atoms with Gasteiger partial charge in [0.1, 0.15) is 0 Å². The van der Waals surface area contributed by atoms with Crippen LogP contribution in [0.3, 0.4) is 0 Å². The Morgan fingerprint density at radius 1 is 0.941 bits per heavy atom. The number of benzene rings is 3. The molecule has 34 heavy (non-hydrogen) atoms. The first-order valence-corrected chi connectivity index (χ1v) is 11.1. The summed E-state index contributed by atoms with van der Waals surface area (Å²) < 4.78 is 39.2. The van der Waals surface area contributed by atoms with Crippen molar-refractivity contribution in [1.82, 2.24) is 0 Å². The lowest BCUT2D eigenvalue weighted by Crippen LogP contribution is -2.07. The Balaban J connectivity index is 2.01. The lowest BCUT2D eigenvalue weighted by molar-refractivity contribution is -0.137. The van der Waals surface area contributed by atoms with Gasteiger partial charge in [-0.15, -0.1) is 0 Å². The van der Waals surface area contributed by atoms with Gasteiger partial charge in [-0.25, -0.2) is 0 Å². The van der Waals surface area contributed by atoms with Gasteiger partial charge in [0.05, 0.1) is 11.6 Å². The monoisotopic (exact) mass is 465 g/mol. The summed E-state index contributed by atoms with van der Waals surface area (Å²) in [4.78, 5) is 4.87. The number of nitrogens with zero attached hydrogens (tertiary/aromatic N) is 1. The molecule has 0 radical (unpaired) electrons. The van der Waals surface area contributed by atoms with Crippen LogP contribution < -0.4 is 11.5 Å². The first-order chi connectivity index (χ1) is 16.0. The van der Waals surface area contributed by atoms with E-state index in [0.29, 0.717) is 17.2 Å². The molecule has 0 spiro atoms. The van der Waals surface area contributed by atoms with E-state index < -0.39 is 11.7 Å². The molecule has 0 aliphatic heterocycles. The highest BCUT2D eigenvalue weighted by atomic mass is 19.4. The average Bonchev–Trinajstić information content (AvgIpc) is 2.78. The van der Waals surface area contributed by atoms with Gasteiger partial charge in [0.2, 0.25) is 0 Å². The highest BCUT2D eigenvalue weighted by Crippen LogP contribution is 2.37. The van der Waals surface area contributed by atoms with Crippen molar-refractivity contribution < 1.29 is 13.2 Å². The molecule has 0 fully saturated rings. The normalized spacial score (nSPS) is 12.9. The summed E-state index contributed by atoms with van der Waals surface area (Å²) in [7, 11) is 0. The minimum absolute atomic E-state index is 0.0579. The number of nitrogen functional groups attached to an aromatic ring is 2. The maximum absolute atomic E-state index is 13.1. The third-order valence-corrected chi connectivity index (χ3v) is 5.85. The fourth-order valence-electron chi connectivity index (χ4n) is 3.95. The van der Waals surface area contributed by atoms with E-state index in [0.717, 1.165) is 46.4 Å². The molecule has 1 atom stereocenters. The van der Waals surface area contributed by atoms with Crippen LogP contribution in [0.5, 0.6) is 0 Å². The largest absolute Gasteiger partial charge is 0.416 e. The standard InChI is InChI=1S/C28H30F3N3/c1-5-19-6-8-20(9-7-19)27(14-17(2)3)34-16-24-18(4)22(12-13-25(24)32)23-11-10-21(15-26(23)33)28(29,30)31/h5-13,15-17,27H,1,14,32-33H2,2-4H3. The van der Waals surface area contributed by atoms with E-state index in [2.05, 4.69) is 32.6 Å². The lowest BCUT2D eigenvalue weighted by Gasteiger charge is -2.17. The summed E-state index contributed by atoms with van der Waals surface area (Å²) in [6.07, 6.45) is -0.0275. The van der Waals surface area contributed by atoms with Crippen molar-refractivity contribution in [3.63, 3.8) is 0 Å². The average molecular weight is 466 g/mol. The van der Waals surface area contributed by atoms with Gasteiger partial charge < -0.3 is 11.5 Å². The molecule has 0 heterocycles. The zero-order valence-electron chi connectivity index (χ0n) is 19.7. The topological polar surface area (TPSA) is 64.4 Å². The second-order valence-electron chi connectivity index (χ2n) is 8.84. The van der Waals surface area contributed by atoms with Crippen LogP contribution in [0, 0.1) is 12.8 Å². The van der Waals surface area contributed by atoms with E-state index in [1.165, 1.54) is 6.07 Å². The van der Waals surface area contributed by atoms with Crippen LogP contribution in [-0.4, -0.2) is 6.21 Å². The lowest BCUT2D eigenvalue weighted by atomic mass is 9.93. The van der Waals surface area contributed by atoms with Crippen molar-refractivity contribution in [2.45, 2.75) is 39.4 Å². The number of anilines is 2. The zero-order chi connectivity index (χ0) is 25.0. The predicted octanol–water partition coefficient (Wildman–Crippen LogP) is 7.69. The SMILES string of the molecule is C=Cc1ccc(C(CC(C)C)N=Cc2c(N)ccc(-c3ccc(C(F)(F)F)cc3N)c2C)cc1. The Bertz CT molecular complexity index is 1190. The highest BCUT2D eigenvalue weighted by molar-refractivity contribution is 5.94. The molecule has 0 aliphatic rings. The fraction of sp³-hybridized carbons (Fsp3) is 0.250. The van der Waals surface area contributed by atoms with E-state index in [9.17, 15) is 13.2 Å². The van der Waals surface area contributed by atoms with E-state index in [1.54, 1.807) is 24.4 Å². The van der Waals surface area contributed by atoms with E-state index >= 15 is 0 Å². The van der Waals surface area contributed by atoms with Gasteiger partial charge in [-0.3, -0.25) is 4.99 Å². The van der Waals surface area contributed by atoms with Crippen LogP contribution in [0.4, 0.5) is 24.5 Å². The van der Waals surface area contributed by atoms with Crippen LogP contribution in [0.15, 0.2) is 66.2 Å². The van der Waals surface area contributed by atoms with E-state index in [-0.39, 0.29) is 11.7 Å². The van der Waals surface area contributed by atoms with Crippen molar-refractivity contribution in [2.24, 2.45) is 10.9 Å². The third-order valence-electron chi connectivity index (χ3n) is 5.85.